The van der Waals surface area contributed by atoms with E-state index in [1.807, 2.05) is 19.1 Å². The van der Waals surface area contributed by atoms with E-state index in [0.717, 1.165) is 5.56 Å². The number of hydrogen-bond acceptors (Lipinski definition) is 7. The minimum absolute atomic E-state index is 0.167. The summed E-state index contributed by atoms with van der Waals surface area (Å²) in [5.41, 5.74) is 4.74. The van der Waals surface area contributed by atoms with Crippen LogP contribution < -0.4 is 30.3 Å². The van der Waals surface area contributed by atoms with E-state index in [1.165, 1.54) is 12.3 Å². The van der Waals surface area contributed by atoms with E-state index in [4.69, 9.17) is 25.8 Å². The third kappa shape index (κ3) is 9.17. The van der Waals surface area contributed by atoms with Gasteiger partial charge in [-0.15, -0.1) is 0 Å². The molecule has 3 N–H and O–H groups in total. The summed E-state index contributed by atoms with van der Waals surface area (Å²) in [5, 5.41) is 9.19. The maximum atomic E-state index is 12.3. The topological polar surface area (TPSA) is 127 Å². The molecule has 0 aromatic heterocycles. The summed E-state index contributed by atoms with van der Waals surface area (Å²) in [6.07, 6.45) is 2.90. The molecule has 0 aliphatic rings. The zero-order valence-electron chi connectivity index (χ0n) is 22.0. The second kappa shape index (κ2) is 14.9. The van der Waals surface area contributed by atoms with Crippen LogP contribution >= 0.6 is 11.6 Å². The number of ether oxygens (including phenoxy) is 3. The Morgan fingerprint density at radius 1 is 0.925 bits per heavy atom. The lowest BCUT2D eigenvalue weighted by Gasteiger charge is -2.14. The number of carbonyl (C=O) groups is 3. The predicted octanol–water partition coefficient (Wildman–Crippen LogP) is 4.72. The molecule has 0 bridgehead atoms. The third-order valence-electron chi connectivity index (χ3n) is 5.08. The number of hydrazone groups is 1. The fourth-order valence-corrected chi connectivity index (χ4v) is 3.50. The smallest absolute Gasteiger partial charge is 0.329 e. The van der Waals surface area contributed by atoms with Gasteiger partial charge in [-0.2, -0.15) is 5.10 Å². The van der Waals surface area contributed by atoms with Crippen LogP contribution in [0.1, 0.15) is 18.1 Å². The van der Waals surface area contributed by atoms with Gasteiger partial charge in [0.2, 0.25) is 0 Å². The van der Waals surface area contributed by atoms with Gasteiger partial charge < -0.3 is 24.8 Å². The van der Waals surface area contributed by atoms with Crippen LogP contribution in [0.15, 0.2) is 78.4 Å². The number of carbonyl (C=O) groups excluding carboxylic acids is 3. The van der Waals surface area contributed by atoms with Crippen LogP contribution in [-0.4, -0.2) is 43.8 Å². The molecule has 0 heterocycles. The molecule has 0 spiro atoms. The van der Waals surface area contributed by atoms with Crippen molar-refractivity contribution in [2.75, 3.05) is 30.5 Å². The minimum atomic E-state index is -0.973. The summed E-state index contributed by atoms with van der Waals surface area (Å²) >= 11 is 6.39. The Morgan fingerprint density at radius 2 is 1.60 bits per heavy atom. The molecule has 0 aliphatic heterocycles. The van der Waals surface area contributed by atoms with Crippen molar-refractivity contribution in [2.45, 2.75) is 13.8 Å². The lowest BCUT2D eigenvalue weighted by atomic mass is 10.2. The van der Waals surface area contributed by atoms with Crippen LogP contribution in [0.25, 0.3) is 0 Å². The van der Waals surface area contributed by atoms with Crippen molar-refractivity contribution in [3.63, 3.8) is 0 Å². The van der Waals surface area contributed by atoms with Gasteiger partial charge in [-0.1, -0.05) is 42.0 Å². The van der Waals surface area contributed by atoms with Gasteiger partial charge in [0.05, 0.1) is 17.8 Å². The molecule has 0 radical (unpaired) electrons. The highest BCUT2D eigenvalue weighted by Crippen LogP contribution is 2.36. The van der Waals surface area contributed by atoms with Gasteiger partial charge in [-0.25, -0.2) is 5.43 Å². The molecule has 3 aromatic rings. The van der Waals surface area contributed by atoms with Crippen molar-refractivity contribution in [1.29, 1.82) is 0 Å². The van der Waals surface area contributed by atoms with E-state index in [1.54, 1.807) is 55.5 Å². The van der Waals surface area contributed by atoms with E-state index in [2.05, 4.69) is 27.7 Å². The first kappa shape index (κ1) is 29.7. The Labute approximate surface area is 237 Å². The Balaban J connectivity index is 1.57. The van der Waals surface area contributed by atoms with E-state index in [-0.39, 0.29) is 29.0 Å². The third-order valence-corrected chi connectivity index (χ3v) is 5.36. The molecule has 3 amide bonds. The molecule has 3 aromatic carbocycles. The van der Waals surface area contributed by atoms with E-state index in [0.29, 0.717) is 35.9 Å². The monoisotopic (exact) mass is 564 g/mol. The van der Waals surface area contributed by atoms with Crippen molar-refractivity contribution in [2.24, 2.45) is 5.10 Å². The summed E-state index contributed by atoms with van der Waals surface area (Å²) in [7, 11) is 0. The quantitative estimate of drug-likeness (QED) is 0.126. The molecule has 0 atom stereocenters. The molecule has 0 fully saturated rings. The van der Waals surface area contributed by atoms with Gasteiger partial charge in [-0.05, 0) is 67.9 Å². The number of nitrogens with zero attached hydrogens (tertiary/aromatic N) is 1. The SMILES string of the molecule is C=CCOc1ccc(NC(=O)C(=O)N/N=C\c2cc(Cl)c(OCC(=O)Nc3ccc(C)cc3)c(OCC)c2)cc1. The first-order valence-corrected chi connectivity index (χ1v) is 12.6. The number of rotatable bonds is 12. The summed E-state index contributed by atoms with van der Waals surface area (Å²) in [6, 6.07) is 16.9. The first-order valence-electron chi connectivity index (χ1n) is 12.2. The second-order valence-corrected chi connectivity index (χ2v) is 8.65. The van der Waals surface area contributed by atoms with Crippen LogP contribution in [-0.2, 0) is 14.4 Å². The number of hydrogen-bond donors (Lipinski definition) is 3. The number of nitrogens with one attached hydrogen (secondary N) is 3. The van der Waals surface area contributed by atoms with Gasteiger partial charge in [0, 0.05) is 11.4 Å². The molecule has 0 saturated carbocycles. The fourth-order valence-electron chi connectivity index (χ4n) is 3.23. The van der Waals surface area contributed by atoms with E-state index < -0.39 is 11.8 Å². The Morgan fingerprint density at radius 3 is 2.27 bits per heavy atom. The van der Waals surface area contributed by atoms with Crippen LogP contribution in [0.5, 0.6) is 17.2 Å². The lowest BCUT2D eigenvalue weighted by molar-refractivity contribution is -0.136. The number of aryl methyl sites for hydroxylation is 1. The highest BCUT2D eigenvalue weighted by molar-refractivity contribution is 6.39. The molecule has 0 aliphatic carbocycles. The van der Waals surface area contributed by atoms with Gasteiger partial charge >= 0.3 is 11.8 Å². The lowest BCUT2D eigenvalue weighted by Crippen LogP contribution is -2.32. The van der Waals surface area contributed by atoms with Crippen LogP contribution in [0, 0.1) is 6.92 Å². The zero-order chi connectivity index (χ0) is 28.9. The van der Waals surface area contributed by atoms with E-state index in [9.17, 15) is 14.4 Å². The summed E-state index contributed by atoms with van der Waals surface area (Å²) in [6.45, 7) is 7.67. The Bertz CT molecular complexity index is 1370. The normalized spacial score (nSPS) is 10.5. The van der Waals surface area contributed by atoms with Crippen molar-refractivity contribution < 1.29 is 28.6 Å². The van der Waals surface area contributed by atoms with Crippen LogP contribution in [0.3, 0.4) is 0 Å². The van der Waals surface area contributed by atoms with Gasteiger partial charge in [-0.3, -0.25) is 14.4 Å². The van der Waals surface area contributed by atoms with Crippen LogP contribution in [0.2, 0.25) is 5.02 Å². The number of halogens is 1. The molecule has 11 heteroatoms. The highest BCUT2D eigenvalue weighted by atomic mass is 35.5. The second-order valence-electron chi connectivity index (χ2n) is 8.24. The predicted molar refractivity (Wildman–Crippen MR) is 154 cm³/mol. The molecular weight excluding hydrogens is 536 g/mol. The van der Waals surface area contributed by atoms with E-state index >= 15 is 0 Å². The minimum Gasteiger partial charge on any atom is -0.490 e. The zero-order valence-corrected chi connectivity index (χ0v) is 22.8. The fraction of sp³-hybridized carbons (Fsp3) is 0.172. The summed E-state index contributed by atoms with van der Waals surface area (Å²) in [5.74, 6) is -1.19. The number of anilines is 2. The van der Waals surface area contributed by atoms with Crippen LogP contribution in [0.4, 0.5) is 11.4 Å². The molecule has 0 unspecified atom stereocenters. The van der Waals surface area contributed by atoms with Crippen molar-refractivity contribution >= 4 is 46.9 Å². The van der Waals surface area contributed by atoms with Gasteiger partial charge in [0.25, 0.3) is 5.91 Å². The maximum absolute atomic E-state index is 12.3. The first-order chi connectivity index (χ1) is 19.3. The molecule has 10 nitrogen and oxygen atoms in total. The molecule has 0 saturated heterocycles. The van der Waals surface area contributed by atoms with Gasteiger partial charge in [0.15, 0.2) is 18.1 Å². The number of benzene rings is 3. The maximum Gasteiger partial charge on any atom is 0.329 e. The standard InChI is InChI=1S/C29H29ClN4O6/c1-4-14-39-23-12-10-22(11-13-23)33-28(36)29(37)34-31-17-20-15-24(30)27(25(16-20)38-5-2)40-18-26(35)32-21-8-6-19(3)7-9-21/h4,6-13,15-17H,1,5,14,18H2,2-3H3,(H,32,35)(H,33,36)(H,34,37)/b31-17-. The summed E-state index contributed by atoms with van der Waals surface area (Å²) in [4.78, 5) is 36.7. The molecule has 40 heavy (non-hydrogen) atoms. The highest BCUT2D eigenvalue weighted by Gasteiger charge is 2.15. The number of amides is 3. The van der Waals surface area contributed by atoms with Gasteiger partial charge in [0.1, 0.15) is 12.4 Å². The molecule has 208 valence electrons. The Kier molecular flexibility index (Phi) is 11.1. The average molecular weight is 565 g/mol. The average Bonchev–Trinajstić information content (AvgIpc) is 2.93. The largest absolute Gasteiger partial charge is 0.490 e. The van der Waals surface area contributed by atoms with Crippen molar-refractivity contribution in [3.8, 4) is 17.2 Å². The molecule has 3 rings (SSSR count). The Hall–Kier alpha value is -4.83. The summed E-state index contributed by atoms with van der Waals surface area (Å²) < 4.78 is 16.6. The van der Waals surface area contributed by atoms with Crippen molar-refractivity contribution in [1.82, 2.24) is 5.43 Å². The van der Waals surface area contributed by atoms with Crippen molar-refractivity contribution in [3.05, 3.63) is 89.5 Å². The molecular formula is C29H29ClN4O6.